The minimum absolute atomic E-state index is 0.346. The Morgan fingerprint density at radius 1 is 1.36 bits per heavy atom. The highest BCUT2D eigenvalue weighted by molar-refractivity contribution is 7.92. The lowest BCUT2D eigenvalue weighted by Gasteiger charge is -1.95. The molecule has 0 aliphatic heterocycles. The van der Waals surface area contributed by atoms with E-state index < -0.39 is 22.8 Å². The first-order valence-electron chi connectivity index (χ1n) is 3.67. The summed E-state index contributed by atoms with van der Waals surface area (Å²) in [5, 5.41) is 0. The third-order valence-electron chi connectivity index (χ3n) is 1.66. The summed E-state index contributed by atoms with van der Waals surface area (Å²) in [4.78, 5) is 3.93. The van der Waals surface area contributed by atoms with Gasteiger partial charge in [0.2, 0.25) is 0 Å². The number of halogens is 2. The molecule has 0 N–H and O–H groups in total. The van der Waals surface area contributed by atoms with Gasteiger partial charge in [0.25, 0.3) is 0 Å². The van der Waals surface area contributed by atoms with E-state index in [0.29, 0.717) is 14.6 Å². The summed E-state index contributed by atoms with van der Waals surface area (Å²) in [6, 6.07) is 2.08. The summed E-state index contributed by atoms with van der Waals surface area (Å²) < 4.78 is 37.5. The Kier molecular flexibility index (Phi) is 2.42. The molecule has 1 heterocycles. The standard InChI is InChI=1S/C8H5F2NOS2/c1-14(12)8-11-6-2-4(9)5(10)3-7(6)13-8/h2-3H,1H3. The van der Waals surface area contributed by atoms with Crippen molar-refractivity contribution >= 4 is 32.7 Å². The van der Waals surface area contributed by atoms with E-state index in [4.69, 9.17) is 0 Å². The normalized spacial score (nSPS) is 13.4. The molecule has 2 nitrogen and oxygen atoms in total. The molecule has 0 aliphatic carbocycles. The number of thiazole rings is 1. The molecule has 1 aromatic carbocycles. The first-order chi connectivity index (χ1) is 6.58. The van der Waals surface area contributed by atoms with Crippen molar-refractivity contribution in [3.05, 3.63) is 23.8 Å². The molecule has 2 aromatic rings. The zero-order valence-corrected chi connectivity index (χ0v) is 8.72. The number of aromatic nitrogens is 1. The molecule has 0 fully saturated rings. The lowest BCUT2D eigenvalue weighted by atomic mass is 10.3. The quantitative estimate of drug-likeness (QED) is 0.709. The van der Waals surface area contributed by atoms with E-state index in [1.807, 2.05) is 0 Å². The van der Waals surface area contributed by atoms with Gasteiger partial charge in [-0.3, -0.25) is 0 Å². The lowest BCUT2D eigenvalue weighted by Crippen LogP contribution is -1.94. The number of rotatable bonds is 1. The molecular formula is C8H5F2NOS2. The second-order valence-corrected chi connectivity index (χ2v) is 5.25. The van der Waals surface area contributed by atoms with Crippen LogP contribution in [0.3, 0.4) is 0 Å². The zero-order valence-electron chi connectivity index (χ0n) is 7.08. The topological polar surface area (TPSA) is 36.0 Å². The van der Waals surface area contributed by atoms with Crippen LogP contribution in [0.15, 0.2) is 16.5 Å². The molecule has 14 heavy (non-hydrogen) atoms. The number of benzene rings is 1. The Labute approximate surface area is 85.8 Å². The van der Waals surface area contributed by atoms with Gasteiger partial charge in [-0.2, -0.15) is 4.98 Å². The summed E-state index contributed by atoms with van der Waals surface area (Å²) in [7, 11) is 0. The summed E-state index contributed by atoms with van der Waals surface area (Å²) in [6.07, 6.45) is 1.48. The fourth-order valence-corrected chi connectivity index (χ4v) is 2.69. The molecule has 0 saturated heterocycles. The molecule has 0 amide bonds. The van der Waals surface area contributed by atoms with Crippen molar-refractivity contribution in [2.75, 3.05) is 6.26 Å². The van der Waals surface area contributed by atoms with Gasteiger partial charge in [0, 0.05) is 17.2 Å². The van der Waals surface area contributed by atoms with Crippen molar-refractivity contribution in [1.82, 2.24) is 4.98 Å². The number of hydrogen-bond acceptors (Lipinski definition) is 3. The van der Waals surface area contributed by atoms with E-state index in [9.17, 15) is 13.3 Å². The van der Waals surface area contributed by atoms with Crippen LogP contribution in [0.2, 0.25) is 0 Å². The van der Waals surface area contributed by atoms with Crippen LogP contribution < -0.4 is 0 Å². The smallest absolute Gasteiger partial charge is 0.302 e. The molecule has 0 saturated carbocycles. The van der Waals surface area contributed by atoms with Gasteiger partial charge in [0.05, 0.1) is 10.2 Å². The van der Waals surface area contributed by atoms with E-state index in [1.54, 1.807) is 0 Å². The minimum Gasteiger partial charge on any atom is -0.610 e. The molecule has 0 aliphatic rings. The third kappa shape index (κ3) is 1.60. The van der Waals surface area contributed by atoms with Gasteiger partial charge >= 0.3 is 4.34 Å². The molecule has 6 heteroatoms. The van der Waals surface area contributed by atoms with Crippen LogP contribution in [-0.2, 0) is 11.2 Å². The largest absolute Gasteiger partial charge is 0.610 e. The van der Waals surface area contributed by atoms with Gasteiger partial charge in [0.15, 0.2) is 11.6 Å². The van der Waals surface area contributed by atoms with Gasteiger partial charge in [-0.15, -0.1) is 0 Å². The Hall–Kier alpha value is -0.720. The van der Waals surface area contributed by atoms with E-state index in [2.05, 4.69) is 4.98 Å². The number of hydrogen-bond donors (Lipinski definition) is 0. The van der Waals surface area contributed by atoms with E-state index in [0.717, 1.165) is 23.5 Å². The Morgan fingerprint density at radius 3 is 2.64 bits per heavy atom. The molecule has 2 rings (SSSR count). The van der Waals surface area contributed by atoms with Crippen molar-refractivity contribution in [1.29, 1.82) is 0 Å². The van der Waals surface area contributed by atoms with Gasteiger partial charge < -0.3 is 4.55 Å². The molecule has 0 spiro atoms. The molecule has 74 valence electrons. The second kappa shape index (κ2) is 3.45. The highest BCUT2D eigenvalue weighted by Crippen LogP contribution is 2.27. The van der Waals surface area contributed by atoms with Crippen molar-refractivity contribution in [3.63, 3.8) is 0 Å². The average molecular weight is 233 g/mol. The summed E-state index contributed by atoms with van der Waals surface area (Å²) in [5.74, 6) is -1.84. The number of fused-ring (bicyclic) bond motifs is 1. The van der Waals surface area contributed by atoms with Crippen LogP contribution in [0.25, 0.3) is 10.2 Å². The summed E-state index contributed by atoms with van der Waals surface area (Å²) >= 11 is -0.102. The molecule has 1 atom stereocenters. The molecule has 0 radical (unpaired) electrons. The highest BCUT2D eigenvalue weighted by atomic mass is 32.2. The van der Waals surface area contributed by atoms with Crippen molar-refractivity contribution in [2.45, 2.75) is 4.34 Å². The van der Waals surface area contributed by atoms with Crippen LogP contribution in [0.5, 0.6) is 0 Å². The zero-order chi connectivity index (χ0) is 10.3. The maximum atomic E-state index is 12.8. The van der Waals surface area contributed by atoms with Crippen molar-refractivity contribution in [2.24, 2.45) is 0 Å². The first-order valence-corrected chi connectivity index (χ1v) is 6.04. The van der Waals surface area contributed by atoms with Crippen molar-refractivity contribution in [3.8, 4) is 0 Å². The van der Waals surface area contributed by atoms with Gasteiger partial charge in [-0.25, -0.2) is 8.78 Å². The van der Waals surface area contributed by atoms with Gasteiger partial charge in [-0.05, 0) is 6.07 Å². The van der Waals surface area contributed by atoms with Gasteiger partial charge in [0.1, 0.15) is 6.26 Å². The Balaban J connectivity index is 2.66. The van der Waals surface area contributed by atoms with E-state index >= 15 is 0 Å². The molecular weight excluding hydrogens is 228 g/mol. The van der Waals surface area contributed by atoms with Gasteiger partial charge in [-0.1, -0.05) is 11.3 Å². The predicted octanol–water partition coefficient (Wildman–Crippen LogP) is 2.31. The van der Waals surface area contributed by atoms with E-state index in [1.165, 1.54) is 6.26 Å². The van der Waals surface area contributed by atoms with E-state index in [-0.39, 0.29) is 0 Å². The van der Waals surface area contributed by atoms with Crippen LogP contribution in [0.1, 0.15) is 0 Å². The van der Waals surface area contributed by atoms with Crippen LogP contribution >= 0.6 is 11.3 Å². The third-order valence-corrected chi connectivity index (χ3v) is 4.01. The fourth-order valence-electron chi connectivity index (χ4n) is 1.03. The number of nitrogens with zero attached hydrogens (tertiary/aromatic N) is 1. The summed E-state index contributed by atoms with van der Waals surface area (Å²) in [5.41, 5.74) is 0.346. The van der Waals surface area contributed by atoms with Crippen molar-refractivity contribution < 1.29 is 13.3 Å². The Bertz CT molecular complexity index is 444. The average Bonchev–Trinajstić information content (AvgIpc) is 2.48. The second-order valence-electron chi connectivity index (χ2n) is 2.67. The molecule has 1 unspecified atom stereocenters. The fraction of sp³-hybridized carbons (Fsp3) is 0.125. The SMILES string of the molecule is C[S+]([O-])c1nc2cc(F)c(F)cc2s1. The molecule has 0 bridgehead atoms. The monoisotopic (exact) mass is 233 g/mol. The predicted molar refractivity (Wildman–Crippen MR) is 51.9 cm³/mol. The van der Waals surface area contributed by atoms with Crippen LogP contribution in [-0.4, -0.2) is 15.8 Å². The van der Waals surface area contributed by atoms with Crippen LogP contribution in [0, 0.1) is 11.6 Å². The van der Waals surface area contributed by atoms with Crippen LogP contribution in [0.4, 0.5) is 8.78 Å². The summed E-state index contributed by atoms with van der Waals surface area (Å²) in [6.45, 7) is 0. The Morgan fingerprint density at radius 2 is 2.00 bits per heavy atom. The molecule has 1 aromatic heterocycles. The maximum Gasteiger partial charge on any atom is 0.302 e. The highest BCUT2D eigenvalue weighted by Gasteiger charge is 2.14. The first kappa shape index (κ1) is 9.82. The maximum absolute atomic E-state index is 12.8. The lowest BCUT2D eigenvalue weighted by molar-refractivity contribution is 0.511. The minimum atomic E-state index is -1.21.